The van der Waals surface area contributed by atoms with Crippen LogP contribution in [0.2, 0.25) is 0 Å². The third-order valence-electron chi connectivity index (χ3n) is 19.1. The molecule has 420 valence electrons. The molecule has 6 heterocycles. The lowest BCUT2D eigenvalue weighted by atomic mass is 9.31. The number of benzene rings is 11. The zero-order valence-corrected chi connectivity index (χ0v) is 53.1. The molecule has 0 saturated carbocycles. The predicted molar refractivity (Wildman–Crippen MR) is 383 cm³/mol. The van der Waals surface area contributed by atoms with Crippen molar-refractivity contribution in [2.24, 2.45) is 0 Å². The Morgan fingerprint density at radius 3 is 1.15 bits per heavy atom. The van der Waals surface area contributed by atoms with Gasteiger partial charge in [0.25, 0.3) is 0 Å². The minimum absolute atomic E-state index is 0.00959. The Kier molecular flexibility index (Phi) is 13.2. The van der Waals surface area contributed by atoms with Gasteiger partial charge in [0.2, 0.25) is 13.4 Å². The lowest BCUT2D eigenvalue weighted by molar-refractivity contribution is 0.795. The summed E-state index contributed by atoms with van der Waals surface area (Å²) in [4.78, 5) is 10.5. The summed E-state index contributed by atoms with van der Waals surface area (Å²) in [6, 6.07) is 85.2. The van der Waals surface area contributed by atoms with Crippen molar-refractivity contribution in [2.45, 2.75) is 98.1 Å². The number of hydrogen-bond donors (Lipinski definition) is 0. The van der Waals surface area contributed by atoms with Gasteiger partial charge in [-0.15, -0.1) is 0 Å². The maximum absolute atomic E-state index is 2.66. The van der Waals surface area contributed by atoms with Crippen molar-refractivity contribution >= 4 is 170 Å². The SMILES string of the molecule is CCCCc1ccc2c(c1)c1cc(I)ccc1n2-c1cc2c3c(c1)N(c1ccccc1)c1cc4c(cc1B3c1ccccc1S2)B1c2ccccc2Sc2cc(-n3c5ccc(CCCC)cc5c5cc(CCCC)ccc53)cc(c21)N4c1ccccc1. The van der Waals surface area contributed by atoms with Crippen LogP contribution < -0.4 is 42.6 Å². The highest BCUT2D eigenvalue weighted by Crippen LogP contribution is 2.49. The van der Waals surface area contributed by atoms with Crippen molar-refractivity contribution in [1.29, 1.82) is 0 Å². The summed E-state index contributed by atoms with van der Waals surface area (Å²) < 4.78 is 6.39. The molecule has 13 aromatic rings. The summed E-state index contributed by atoms with van der Waals surface area (Å²) in [5.74, 6) is 0. The number of anilines is 6. The molecular formula is C78H63B2IN4S2. The lowest BCUT2D eigenvalue weighted by Crippen LogP contribution is -2.64. The largest absolute Gasteiger partial charge is 0.311 e. The second kappa shape index (κ2) is 21.5. The Hall–Kier alpha value is -7.82. The van der Waals surface area contributed by atoms with Gasteiger partial charge >= 0.3 is 0 Å². The van der Waals surface area contributed by atoms with E-state index in [-0.39, 0.29) is 13.4 Å². The fourth-order valence-corrected chi connectivity index (χ4v) is 18.0. The van der Waals surface area contributed by atoms with E-state index in [1.165, 1.54) is 189 Å². The molecule has 4 aliphatic rings. The molecule has 0 bridgehead atoms. The first-order valence-corrected chi connectivity index (χ1v) is 34.2. The maximum Gasteiger partial charge on any atom is 0.249 e. The van der Waals surface area contributed by atoms with Gasteiger partial charge in [0.05, 0.1) is 22.1 Å². The second-order valence-corrected chi connectivity index (χ2v) is 27.8. The highest BCUT2D eigenvalue weighted by molar-refractivity contribution is 14.1. The third kappa shape index (κ3) is 8.56. The molecule has 87 heavy (non-hydrogen) atoms. The van der Waals surface area contributed by atoms with Gasteiger partial charge in [0, 0.05) is 90.2 Å². The van der Waals surface area contributed by atoms with Crippen LogP contribution in [-0.4, -0.2) is 22.6 Å². The summed E-state index contributed by atoms with van der Waals surface area (Å²) in [5, 5.41) is 5.31. The van der Waals surface area contributed by atoms with E-state index in [1.54, 1.807) is 0 Å². The molecule has 17 rings (SSSR count). The Morgan fingerprint density at radius 1 is 0.333 bits per heavy atom. The monoisotopic (exact) mass is 1270 g/mol. The number of aromatic nitrogens is 2. The van der Waals surface area contributed by atoms with Crippen LogP contribution in [0, 0.1) is 3.57 Å². The van der Waals surface area contributed by atoms with Crippen molar-refractivity contribution in [1.82, 2.24) is 9.13 Å². The van der Waals surface area contributed by atoms with E-state index in [0.29, 0.717) is 0 Å². The number of nitrogens with zero attached hydrogens (tertiary/aromatic N) is 4. The highest BCUT2D eigenvalue weighted by Gasteiger charge is 2.47. The first kappa shape index (κ1) is 53.4. The van der Waals surface area contributed by atoms with Gasteiger partial charge in [0.15, 0.2) is 0 Å². The summed E-state index contributed by atoms with van der Waals surface area (Å²) >= 11 is 6.38. The molecule has 2 aromatic heterocycles. The minimum atomic E-state index is -0.00970. The van der Waals surface area contributed by atoms with Crippen LogP contribution in [0.1, 0.15) is 76.0 Å². The smallest absolute Gasteiger partial charge is 0.249 e. The first-order valence-electron chi connectivity index (χ1n) is 31.5. The van der Waals surface area contributed by atoms with Gasteiger partial charge in [-0.05, 0) is 221 Å². The van der Waals surface area contributed by atoms with Crippen LogP contribution in [0.5, 0.6) is 0 Å². The van der Waals surface area contributed by atoms with E-state index in [9.17, 15) is 0 Å². The average Bonchev–Trinajstić information content (AvgIpc) is 1.04. The molecule has 0 amide bonds. The zero-order valence-electron chi connectivity index (χ0n) is 49.3. The number of fused-ring (bicyclic) bond motifs is 14. The normalized spacial score (nSPS) is 13.5. The summed E-state index contributed by atoms with van der Waals surface area (Å²) in [6.07, 6.45) is 10.4. The van der Waals surface area contributed by atoms with Crippen molar-refractivity contribution < 1.29 is 0 Å². The Balaban J connectivity index is 0.934. The van der Waals surface area contributed by atoms with Crippen LogP contribution in [0.15, 0.2) is 238 Å². The fourth-order valence-electron chi connectivity index (χ4n) is 15.1. The van der Waals surface area contributed by atoms with Crippen molar-refractivity contribution in [3.05, 3.63) is 239 Å². The molecule has 0 saturated heterocycles. The molecule has 4 aliphatic heterocycles. The quantitative estimate of drug-likeness (QED) is 0.0844. The summed E-state index contributed by atoms with van der Waals surface area (Å²) in [7, 11) is 0. The van der Waals surface area contributed by atoms with Crippen molar-refractivity contribution in [2.75, 3.05) is 9.80 Å². The summed E-state index contributed by atoms with van der Waals surface area (Å²) in [6.45, 7) is 6.87. The van der Waals surface area contributed by atoms with Gasteiger partial charge in [0.1, 0.15) is 0 Å². The minimum Gasteiger partial charge on any atom is -0.311 e. The predicted octanol–water partition coefficient (Wildman–Crippen LogP) is 18.0. The topological polar surface area (TPSA) is 16.3 Å². The van der Waals surface area contributed by atoms with Crippen LogP contribution in [0.3, 0.4) is 0 Å². The molecule has 0 spiro atoms. The van der Waals surface area contributed by atoms with E-state index >= 15 is 0 Å². The number of rotatable bonds is 13. The average molecular weight is 1270 g/mol. The van der Waals surface area contributed by atoms with E-state index in [2.05, 4.69) is 281 Å². The van der Waals surface area contributed by atoms with E-state index in [4.69, 9.17) is 0 Å². The van der Waals surface area contributed by atoms with E-state index in [0.717, 1.165) is 30.6 Å². The fraction of sp³-hybridized carbons (Fsp3) is 0.154. The highest BCUT2D eigenvalue weighted by atomic mass is 127. The number of para-hydroxylation sites is 2. The van der Waals surface area contributed by atoms with Crippen LogP contribution >= 0.6 is 46.1 Å². The Morgan fingerprint density at radius 2 is 0.724 bits per heavy atom. The van der Waals surface area contributed by atoms with Gasteiger partial charge in [-0.3, -0.25) is 0 Å². The Bertz CT molecular complexity index is 4890. The molecule has 9 heteroatoms. The molecule has 0 radical (unpaired) electrons. The molecule has 0 unspecified atom stereocenters. The van der Waals surface area contributed by atoms with Gasteiger partial charge in [-0.1, -0.05) is 172 Å². The molecule has 0 N–H and O–H groups in total. The van der Waals surface area contributed by atoms with Gasteiger partial charge < -0.3 is 18.9 Å². The molecule has 11 aromatic carbocycles. The number of aryl methyl sites for hydroxylation is 3. The van der Waals surface area contributed by atoms with Gasteiger partial charge in [-0.2, -0.15) is 0 Å². The molecule has 0 atom stereocenters. The number of hydrogen-bond acceptors (Lipinski definition) is 4. The molecule has 4 nitrogen and oxygen atoms in total. The molecule has 0 aliphatic carbocycles. The van der Waals surface area contributed by atoms with Crippen LogP contribution in [0.25, 0.3) is 55.0 Å². The maximum atomic E-state index is 2.66. The number of unbranched alkanes of at least 4 members (excludes halogenated alkanes) is 3. The standard InChI is InChI=1S/C78H63B2IN4S2/c1-4-7-20-49-31-35-65-57(39-49)58-40-50(21-8-5-2)32-36-66(58)84(65)55-43-71-77-75(45-55)86-73-29-18-16-27-61(73)79(77)63-47-64-70(48-69(63)82(71)53-23-12-10-13-24-53)83(54-25-14-11-15-26-54)72-44-56(46-76-78(72)80(64)62-28-17-19-30-74(62)87-76)85-67-37-33-51(22-9-6-3)41-59(67)60-42-52(81)34-38-68(60)85/h10-19,23-48H,4-9,20-22H2,1-3H3. The van der Waals surface area contributed by atoms with Gasteiger partial charge in [-0.25, -0.2) is 0 Å². The molecule has 0 fully saturated rings. The van der Waals surface area contributed by atoms with E-state index < -0.39 is 0 Å². The second-order valence-electron chi connectivity index (χ2n) is 24.4. The Labute approximate surface area is 532 Å². The van der Waals surface area contributed by atoms with Crippen LogP contribution in [0.4, 0.5) is 34.1 Å². The van der Waals surface area contributed by atoms with E-state index in [1.807, 2.05) is 23.5 Å². The van der Waals surface area contributed by atoms with Crippen molar-refractivity contribution in [3.8, 4) is 11.4 Å². The lowest BCUT2D eigenvalue weighted by Gasteiger charge is -2.44. The van der Waals surface area contributed by atoms with Crippen molar-refractivity contribution in [3.63, 3.8) is 0 Å². The first-order chi connectivity index (χ1) is 42.9. The third-order valence-corrected chi connectivity index (χ3v) is 22.1. The molecular weight excluding hydrogens is 1210 g/mol. The zero-order chi connectivity index (χ0) is 58.0. The van der Waals surface area contributed by atoms with Crippen LogP contribution in [-0.2, 0) is 19.3 Å². The number of halogens is 1. The summed E-state index contributed by atoms with van der Waals surface area (Å²) in [5.41, 5.74) is 26.9.